The highest BCUT2D eigenvalue weighted by atomic mass is 16.6. The number of hydrogen-bond acceptors (Lipinski definition) is 3. The highest BCUT2D eigenvalue weighted by Crippen LogP contribution is 2.45. The number of benzene rings is 2. The number of ether oxygens (including phenoxy) is 1. The van der Waals surface area contributed by atoms with Crippen LogP contribution in [-0.2, 0) is 16.6 Å². The zero-order valence-corrected chi connectivity index (χ0v) is 13.9. The van der Waals surface area contributed by atoms with Gasteiger partial charge in [0.15, 0.2) is 6.10 Å². The number of cyclic esters (lactones) is 1. The van der Waals surface area contributed by atoms with Gasteiger partial charge in [0.1, 0.15) is 5.69 Å². The maximum absolute atomic E-state index is 12.1. The van der Waals surface area contributed by atoms with Crippen LogP contribution >= 0.6 is 0 Å². The van der Waals surface area contributed by atoms with Crippen molar-refractivity contribution in [1.82, 2.24) is 9.78 Å². The summed E-state index contributed by atoms with van der Waals surface area (Å²) in [5.41, 5.74) is 4.28. The number of nitrogens with zero attached hydrogens (tertiary/aromatic N) is 2. The van der Waals surface area contributed by atoms with E-state index >= 15 is 0 Å². The number of rotatable bonds is 3. The van der Waals surface area contributed by atoms with Crippen LogP contribution in [0.1, 0.15) is 23.3 Å². The van der Waals surface area contributed by atoms with Gasteiger partial charge in [-0.05, 0) is 17.2 Å². The molecule has 1 aliphatic heterocycles. The van der Waals surface area contributed by atoms with Gasteiger partial charge in [-0.25, -0.2) is 4.79 Å². The van der Waals surface area contributed by atoms with E-state index in [2.05, 4.69) is 11.7 Å². The van der Waals surface area contributed by atoms with Gasteiger partial charge in [-0.2, -0.15) is 5.10 Å². The molecule has 1 aliphatic rings. The summed E-state index contributed by atoms with van der Waals surface area (Å²) >= 11 is 0. The summed E-state index contributed by atoms with van der Waals surface area (Å²) in [5, 5.41) is 4.61. The zero-order valence-electron chi connectivity index (χ0n) is 13.9. The van der Waals surface area contributed by atoms with Gasteiger partial charge in [0.2, 0.25) is 0 Å². The molecule has 2 atom stereocenters. The average molecular weight is 330 g/mol. The largest absolute Gasteiger partial charge is 0.451 e. The fraction of sp³-hybridized carbons (Fsp3) is 0.143. The lowest BCUT2D eigenvalue weighted by Crippen LogP contribution is -2.08. The second-order valence-corrected chi connectivity index (χ2v) is 6.18. The van der Waals surface area contributed by atoms with Crippen molar-refractivity contribution in [2.24, 2.45) is 7.05 Å². The van der Waals surface area contributed by atoms with Crippen LogP contribution in [0.3, 0.4) is 0 Å². The monoisotopic (exact) mass is 330 g/mol. The first kappa shape index (κ1) is 15.4. The van der Waals surface area contributed by atoms with Gasteiger partial charge in [0.05, 0.1) is 11.6 Å². The van der Waals surface area contributed by atoms with Crippen LogP contribution in [0.5, 0.6) is 0 Å². The van der Waals surface area contributed by atoms with E-state index in [4.69, 9.17) is 4.74 Å². The van der Waals surface area contributed by atoms with E-state index in [9.17, 15) is 4.79 Å². The van der Waals surface area contributed by atoms with Crippen LogP contribution < -0.4 is 0 Å². The Bertz CT molecular complexity index is 929. The summed E-state index contributed by atoms with van der Waals surface area (Å²) in [5.74, 6) is -0.571. The average Bonchev–Trinajstić information content (AvgIpc) is 3.17. The molecule has 1 fully saturated rings. The first-order valence-electron chi connectivity index (χ1n) is 8.19. The molecule has 0 bridgehead atoms. The van der Waals surface area contributed by atoms with Gasteiger partial charge in [-0.15, -0.1) is 0 Å². The van der Waals surface area contributed by atoms with Crippen molar-refractivity contribution < 1.29 is 9.53 Å². The Labute approximate surface area is 146 Å². The van der Waals surface area contributed by atoms with E-state index in [1.54, 1.807) is 0 Å². The van der Waals surface area contributed by atoms with E-state index in [1.807, 2.05) is 78.5 Å². The van der Waals surface area contributed by atoms with Gasteiger partial charge >= 0.3 is 5.97 Å². The molecular formula is C21H18N2O2. The molecule has 0 N–H and O–H groups in total. The second kappa shape index (κ2) is 6.06. The molecule has 0 aliphatic carbocycles. The predicted molar refractivity (Wildman–Crippen MR) is 95.8 cm³/mol. The van der Waals surface area contributed by atoms with Crippen molar-refractivity contribution in [3.63, 3.8) is 0 Å². The highest BCUT2D eigenvalue weighted by molar-refractivity contribution is 5.92. The summed E-state index contributed by atoms with van der Waals surface area (Å²) in [6.07, 6.45) is -0.453. The lowest BCUT2D eigenvalue weighted by molar-refractivity contribution is -0.139. The smallest absolute Gasteiger partial charge is 0.334 e. The fourth-order valence-electron chi connectivity index (χ4n) is 3.34. The van der Waals surface area contributed by atoms with E-state index in [1.165, 1.54) is 0 Å². The molecule has 124 valence electrons. The third kappa shape index (κ3) is 2.66. The van der Waals surface area contributed by atoms with Crippen LogP contribution in [-0.4, -0.2) is 15.7 Å². The summed E-state index contributed by atoms with van der Waals surface area (Å²) in [6.45, 7) is 3.95. The molecular weight excluding hydrogens is 312 g/mol. The van der Waals surface area contributed by atoms with Gasteiger partial charge in [0.25, 0.3) is 0 Å². The van der Waals surface area contributed by atoms with Gasteiger partial charge in [-0.1, -0.05) is 67.2 Å². The van der Waals surface area contributed by atoms with Crippen molar-refractivity contribution in [1.29, 1.82) is 0 Å². The summed E-state index contributed by atoms with van der Waals surface area (Å²) < 4.78 is 7.44. The third-order valence-corrected chi connectivity index (χ3v) is 4.59. The Balaban J connectivity index is 1.76. The Hall–Kier alpha value is -3.14. The van der Waals surface area contributed by atoms with Crippen LogP contribution in [0.4, 0.5) is 0 Å². The molecule has 2 aromatic carbocycles. The molecule has 0 radical (unpaired) electrons. The van der Waals surface area contributed by atoms with E-state index in [-0.39, 0.29) is 11.9 Å². The van der Waals surface area contributed by atoms with Crippen molar-refractivity contribution in [3.8, 4) is 11.3 Å². The first-order valence-corrected chi connectivity index (χ1v) is 8.19. The first-order chi connectivity index (χ1) is 12.1. The predicted octanol–water partition coefficient (Wildman–Crippen LogP) is 4.03. The Morgan fingerprint density at radius 1 is 1.04 bits per heavy atom. The molecule has 4 nitrogen and oxygen atoms in total. The molecule has 0 amide bonds. The van der Waals surface area contributed by atoms with Crippen molar-refractivity contribution in [2.75, 3.05) is 0 Å². The standard InChI is InChI=1S/C21H18N2O2/c1-14-19(16-11-7-4-8-12-16)20(25-21(14)24)17-13-18(23(2)22-17)15-9-5-3-6-10-15/h3-13,19-20H,1H2,2H3. The molecule has 2 unspecified atom stereocenters. The number of aromatic nitrogens is 2. The number of carbonyl (C=O) groups is 1. The van der Waals surface area contributed by atoms with Crippen LogP contribution in [0.2, 0.25) is 0 Å². The van der Waals surface area contributed by atoms with E-state index in [0.29, 0.717) is 5.57 Å². The van der Waals surface area contributed by atoms with E-state index < -0.39 is 6.10 Å². The number of hydrogen-bond donors (Lipinski definition) is 0. The van der Waals surface area contributed by atoms with Crippen molar-refractivity contribution in [2.45, 2.75) is 12.0 Å². The quantitative estimate of drug-likeness (QED) is 0.538. The molecule has 4 rings (SSSR count). The molecule has 3 aromatic rings. The Morgan fingerprint density at radius 2 is 1.68 bits per heavy atom. The molecule has 1 saturated heterocycles. The minimum absolute atomic E-state index is 0.216. The Morgan fingerprint density at radius 3 is 2.36 bits per heavy atom. The molecule has 1 aromatic heterocycles. The fourth-order valence-corrected chi connectivity index (χ4v) is 3.34. The Kier molecular flexibility index (Phi) is 3.73. The summed E-state index contributed by atoms with van der Waals surface area (Å²) in [6, 6.07) is 21.9. The number of aryl methyl sites for hydroxylation is 1. The van der Waals surface area contributed by atoms with Gasteiger partial charge in [0, 0.05) is 12.6 Å². The van der Waals surface area contributed by atoms with Crippen LogP contribution in [0.15, 0.2) is 78.9 Å². The maximum Gasteiger partial charge on any atom is 0.334 e. The minimum atomic E-state index is -0.453. The third-order valence-electron chi connectivity index (χ3n) is 4.59. The lowest BCUT2D eigenvalue weighted by atomic mass is 9.88. The van der Waals surface area contributed by atoms with Gasteiger partial charge < -0.3 is 4.74 Å². The summed E-state index contributed by atoms with van der Waals surface area (Å²) in [7, 11) is 1.90. The molecule has 0 spiro atoms. The molecule has 2 heterocycles. The maximum atomic E-state index is 12.1. The van der Waals surface area contributed by atoms with Crippen molar-refractivity contribution in [3.05, 3.63) is 90.1 Å². The minimum Gasteiger partial charge on any atom is -0.451 e. The topological polar surface area (TPSA) is 44.1 Å². The highest BCUT2D eigenvalue weighted by Gasteiger charge is 2.42. The summed E-state index contributed by atoms with van der Waals surface area (Å²) in [4.78, 5) is 12.1. The molecule has 0 saturated carbocycles. The van der Waals surface area contributed by atoms with Gasteiger partial charge in [-0.3, -0.25) is 4.68 Å². The number of esters is 1. The van der Waals surface area contributed by atoms with E-state index in [0.717, 1.165) is 22.5 Å². The lowest BCUT2D eigenvalue weighted by Gasteiger charge is -2.16. The number of carbonyl (C=O) groups excluding carboxylic acids is 1. The SMILES string of the molecule is C=C1C(=O)OC(c2cc(-c3ccccc3)n(C)n2)C1c1ccccc1. The molecule has 4 heteroatoms. The normalized spacial score (nSPS) is 19.9. The zero-order chi connectivity index (χ0) is 17.4. The van der Waals surface area contributed by atoms with Crippen LogP contribution in [0, 0.1) is 0 Å². The van der Waals surface area contributed by atoms with Crippen LogP contribution in [0.25, 0.3) is 11.3 Å². The van der Waals surface area contributed by atoms with Crippen molar-refractivity contribution >= 4 is 5.97 Å². The second-order valence-electron chi connectivity index (χ2n) is 6.18. The molecule has 25 heavy (non-hydrogen) atoms.